The van der Waals surface area contributed by atoms with Gasteiger partial charge in [0.15, 0.2) is 6.04 Å². The van der Waals surface area contributed by atoms with Crippen molar-refractivity contribution in [3.8, 4) is 0 Å². The molecule has 0 bridgehead atoms. The first kappa shape index (κ1) is 19.8. The number of rotatable bonds is 4. The summed E-state index contributed by atoms with van der Waals surface area (Å²) in [5, 5.41) is 2.04. The van der Waals surface area contributed by atoms with Gasteiger partial charge in [-0.1, -0.05) is 12.1 Å². The summed E-state index contributed by atoms with van der Waals surface area (Å²) in [6, 6.07) is 1.14. The molecule has 0 aliphatic carbocycles. The van der Waals surface area contributed by atoms with E-state index in [1.54, 1.807) is 0 Å². The van der Waals surface area contributed by atoms with Crippen LogP contribution in [-0.2, 0) is 33.0 Å². The van der Waals surface area contributed by atoms with E-state index < -0.39 is 47.8 Å². The molecule has 1 aliphatic rings. The van der Waals surface area contributed by atoms with E-state index in [1.165, 1.54) is 0 Å². The Morgan fingerprint density at radius 1 is 1.22 bits per heavy atom. The van der Waals surface area contributed by atoms with Gasteiger partial charge in [-0.05, 0) is 17.7 Å². The predicted octanol–water partition coefficient (Wildman–Crippen LogP) is 1.29. The van der Waals surface area contributed by atoms with Gasteiger partial charge in [0.1, 0.15) is 0 Å². The fraction of sp³-hybridized carbons (Fsp3) is 0.357. The third-order valence-corrected chi connectivity index (χ3v) is 5.82. The molecule has 0 fully saturated rings. The fourth-order valence-electron chi connectivity index (χ4n) is 2.97. The van der Waals surface area contributed by atoms with Crippen LogP contribution in [0.25, 0.3) is 0 Å². The number of benzene rings is 1. The molecule has 0 saturated carbocycles. The Labute approximate surface area is 152 Å². The third kappa shape index (κ3) is 3.72. The van der Waals surface area contributed by atoms with Gasteiger partial charge in [-0.3, -0.25) is 4.55 Å². The highest BCUT2D eigenvalue weighted by atomic mass is 32.2. The second kappa shape index (κ2) is 6.29. The van der Waals surface area contributed by atoms with E-state index in [-0.39, 0.29) is 24.5 Å². The number of imidazole rings is 1. The number of aromatic nitrogens is 2. The van der Waals surface area contributed by atoms with Crippen molar-refractivity contribution in [2.75, 3.05) is 6.26 Å². The van der Waals surface area contributed by atoms with Gasteiger partial charge >= 0.3 is 6.18 Å². The van der Waals surface area contributed by atoms with Crippen molar-refractivity contribution >= 4 is 20.0 Å². The highest BCUT2D eigenvalue weighted by molar-refractivity contribution is 7.90. The van der Waals surface area contributed by atoms with Gasteiger partial charge in [0.2, 0.25) is 15.0 Å². The first-order valence-corrected chi connectivity index (χ1v) is 10.8. The Morgan fingerprint density at radius 2 is 1.89 bits per heavy atom. The molecule has 2 N–H and O–H groups in total. The van der Waals surface area contributed by atoms with Crippen LogP contribution >= 0.6 is 0 Å². The minimum absolute atomic E-state index is 0.0254. The summed E-state index contributed by atoms with van der Waals surface area (Å²) in [5.74, 6) is 0. The van der Waals surface area contributed by atoms with Crippen LogP contribution in [0, 0.1) is 0 Å². The van der Waals surface area contributed by atoms with E-state index in [2.05, 4.69) is 10.3 Å². The molecule has 1 unspecified atom stereocenters. The Hall–Kier alpha value is -1.96. The zero-order chi connectivity index (χ0) is 20.2. The maximum Gasteiger partial charge on any atom is 0.413 e. The standard InChI is InChI=1S/C14H14F3N3O5S2/c1-26(21,22)13-19-10-6-18-7-11(10)20(13)12(14(15,16)17)8-3-2-4-9(5-8)27(23,24)25/h2-5,12,18H,6-7H2,1H3,(H,23,24,25). The van der Waals surface area contributed by atoms with Gasteiger partial charge in [-0.25, -0.2) is 13.4 Å². The number of nitrogens with zero attached hydrogens (tertiary/aromatic N) is 2. The maximum absolute atomic E-state index is 14.0. The average molecular weight is 425 g/mol. The maximum atomic E-state index is 14.0. The summed E-state index contributed by atoms with van der Waals surface area (Å²) in [6.45, 7) is 0.0862. The van der Waals surface area contributed by atoms with Crippen LogP contribution < -0.4 is 5.32 Å². The summed E-state index contributed by atoms with van der Waals surface area (Å²) >= 11 is 0. The van der Waals surface area contributed by atoms with Crippen molar-refractivity contribution in [3.05, 3.63) is 41.2 Å². The van der Waals surface area contributed by atoms with Crippen LogP contribution in [0.3, 0.4) is 0 Å². The smallest absolute Gasteiger partial charge is 0.305 e. The lowest BCUT2D eigenvalue weighted by atomic mass is 10.1. The number of hydrogen-bond donors (Lipinski definition) is 2. The van der Waals surface area contributed by atoms with Crippen LogP contribution in [0.5, 0.6) is 0 Å². The molecule has 0 amide bonds. The van der Waals surface area contributed by atoms with E-state index in [1.807, 2.05) is 0 Å². The molecule has 0 saturated heterocycles. The molecule has 0 radical (unpaired) electrons. The number of fused-ring (bicyclic) bond motifs is 1. The van der Waals surface area contributed by atoms with Gasteiger partial charge in [0.25, 0.3) is 10.1 Å². The number of alkyl halides is 3. The molecule has 148 valence electrons. The molecule has 0 spiro atoms. The molecule has 27 heavy (non-hydrogen) atoms. The number of halogens is 3. The van der Waals surface area contributed by atoms with Crippen molar-refractivity contribution in [1.82, 2.24) is 14.9 Å². The molecule has 1 aliphatic heterocycles. The lowest BCUT2D eigenvalue weighted by Gasteiger charge is -2.25. The van der Waals surface area contributed by atoms with Gasteiger partial charge in [0, 0.05) is 19.3 Å². The zero-order valence-electron chi connectivity index (χ0n) is 13.7. The number of nitrogens with one attached hydrogen (secondary N) is 1. The lowest BCUT2D eigenvalue weighted by molar-refractivity contribution is -0.159. The minimum atomic E-state index is -4.96. The third-order valence-electron chi connectivity index (χ3n) is 4.02. The van der Waals surface area contributed by atoms with E-state index in [9.17, 15) is 30.0 Å². The van der Waals surface area contributed by atoms with Crippen LogP contribution in [-0.4, -0.2) is 43.4 Å². The van der Waals surface area contributed by atoms with Crippen molar-refractivity contribution in [2.45, 2.75) is 35.4 Å². The van der Waals surface area contributed by atoms with Crippen LogP contribution in [0.1, 0.15) is 23.0 Å². The first-order chi connectivity index (χ1) is 12.3. The van der Waals surface area contributed by atoms with Crippen LogP contribution in [0.4, 0.5) is 13.2 Å². The summed E-state index contributed by atoms with van der Waals surface area (Å²) < 4.78 is 98.3. The van der Waals surface area contributed by atoms with Gasteiger partial charge in [-0.2, -0.15) is 21.6 Å². The summed E-state index contributed by atoms with van der Waals surface area (Å²) in [5.41, 5.74) is -0.319. The van der Waals surface area contributed by atoms with E-state index in [4.69, 9.17) is 4.55 Å². The molecule has 2 aromatic rings. The van der Waals surface area contributed by atoms with Gasteiger partial charge < -0.3 is 9.88 Å². The van der Waals surface area contributed by atoms with Crippen molar-refractivity contribution in [2.24, 2.45) is 0 Å². The topological polar surface area (TPSA) is 118 Å². The summed E-state index contributed by atoms with van der Waals surface area (Å²) in [4.78, 5) is 3.11. The minimum Gasteiger partial charge on any atom is -0.305 e. The van der Waals surface area contributed by atoms with E-state index in [0.29, 0.717) is 10.6 Å². The molecular weight excluding hydrogens is 411 g/mol. The van der Waals surface area contributed by atoms with Crippen molar-refractivity contribution in [3.63, 3.8) is 0 Å². The monoisotopic (exact) mass is 425 g/mol. The van der Waals surface area contributed by atoms with Crippen molar-refractivity contribution < 1.29 is 34.6 Å². The second-order valence-corrected chi connectivity index (χ2v) is 9.36. The molecule has 3 rings (SSSR count). The molecule has 1 aromatic carbocycles. The lowest BCUT2D eigenvalue weighted by Crippen LogP contribution is -2.31. The Morgan fingerprint density at radius 3 is 2.44 bits per heavy atom. The van der Waals surface area contributed by atoms with Crippen molar-refractivity contribution in [1.29, 1.82) is 0 Å². The Kier molecular flexibility index (Phi) is 4.61. The zero-order valence-corrected chi connectivity index (χ0v) is 15.4. The Bertz CT molecular complexity index is 1110. The Balaban J connectivity index is 2.32. The van der Waals surface area contributed by atoms with Crippen LogP contribution in [0.2, 0.25) is 0 Å². The summed E-state index contributed by atoms with van der Waals surface area (Å²) in [7, 11) is -8.85. The quantitative estimate of drug-likeness (QED) is 0.709. The molecule has 2 heterocycles. The van der Waals surface area contributed by atoms with Gasteiger partial charge in [-0.15, -0.1) is 0 Å². The predicted molar refractivity (Wildman–Crippen MR) is 86.3 cm³/mol. The fourth-order valence-corrected chi connectivity index (χ4v) is 4.36. The average Bonchev–Trinajstić information content (AvgIpc) is 3.07. The van der Waals surface area contributed by atoms with E-state index >= 15 is 0 Å². The number of sulfone groups is 1. The van der Waals surface area contributed by atoms with Crippen LogP contribution in [0.15, 0.2) is 34.3 Å². The number of hydrogen-bond acceptors (Lipinski definition) is 6. The molecule has 8 nitrogen and oxygen atoms in total. The largest absolute Gasteiger partial charge is 0.413 e. The molecule has 1 aromatic heterocycles. The first-order valence-electron chi connectivity index (χ1n) is 7.45. The molecular formula is C14H14F3N3O5S2. The summed E-state index contributed by atoms with van der Waals surface area (Å²) in [6.07, 6.45) is -4.22. The highest BCUT2D eigenvalue weighted by Crippen LogP contribution is 2.40. The normalized spacial score (nSPS) is 16.3. The molecule has 13 heteroatoms. The van der Waals surface area contributed by atoms with E-state index in [0.717, 1.165) is 24.5 Å². The molecule has 1 atom stereocenters. The highest BCUT2D eigenvalue weighted by Gasteiger charge is 2.46. The van der Waals surface area contributed by atoms with Gasteiger partial charge in [0.05, 0.1) is 16.3 Å². The SMILES string of the molecule is CS(=O)(=O)c1nc2c(n1C(c1cccc(S(=O)(=O)O)c1)C(F)(F)F)CNC2. The second-order valence-electron chi connectivity index (χ2n) is 6.03.